The van der Waals surface area contributed by atoms with Crippen molar-refractivity contribution in [1.29, 1.82) is 0 Å². The van der Waals surface area contributed by atoms with Crippen molar-refractivity contribution in [1.82, 2.24) is 0 Å². The molecule has 0 spiro atoms. The summed E-state index contributed by atoms with van der Waals surface area (Å²) in [6.45, 7) is 0. The van der Waals surface area contributed by atoms with Crippen molar-refractivity contribution in [3.63, 3.8) is 0 Å². The molecule has 0 saturated carbocycles. The first-order chi connectivity index (χ1) is 0. The normalized spacial score (nSPS) is 0. The number of hydrogen-bond acceptors (Lipinski definition) is 0. The fraction of sp³-hybridized carbons (Fsp3) is 0. The number of hydrogen-bond donors (Lipinski definition) is 0. The molecule has 0 aliphatic rings. The fourth-order valence-electron chi connectivity index (χ4n) is 0. The van der Waals surface area contributed by atoms with Gasteiger partial charge in [-0.05, 0) is 0 Å². The second kappa shape index (κ2) is 18.0. The van der Waals surface area contributed by atoms with Gasteiger partial charge in [0.25, 0.3) is 0 Å². The summed E-state index contributed by atoms with van der Waals surface area (Å²) in [5, 5.41) is 0. The molecule has 0 N–H and O–H groups in total. The van der Waals surface area contributed by atoms with Crippen LogP contribution in [-0.2, 0) is 59.9 Å². The molecule has 0 aliphatic heterocycles. The van der Waals surface area contributed by atoms with Crippen molar-refractivity contribution in [3.8, 4) is 0 Å². The summed E-state index contributed by atoms with van der Waals surface area (Å²) >= 11 is 0. The Labute approximate surface area is 76.3 Å². The van der Waals surface area contributed by atoms with Gasteiger partial charge >= 0.3 is 0 Å². The van der Waals surface area contributed by atoms with Gasteiger partial charge in [-0.1, -0.05) is 0 Å². The van der Waals surface area contributed by atoms with Gasteiger partial charge in [-0.3, -0.25) is 0 Å². The van der Waals surface area contributed by atoms with E-state index in [4.69, 9.17) is 0 Å². The maximum Gasteiger partial charge on any atom is 0.187 e. The van der Waals surface area contributed by atoms with Gasteiger partial charge < -0.3 is 0 Å². The van der Waals surface area contributed by atoms with Crippen LogP contribution in [0.2, 0.25) is 0 Å². The van der Waals surface area contributed by atoms with Crippen LogP contribution in [0.15, 0.2) is 0 Å². The van der Waals surface area contributed by atoms with Crippen LogP contribution < -0.4 is 0 Å². The van der Waals surface area contributed by atoms with E-state index in [1.807, 2.05) is 0 Å². The Morgan fingerprint density at radius 1 is 1.00 bits per heavy atom. The quantitative estimate of drug-likeness (QED) is 0.494. The van der Waals surface area contributed by atoms with E-state index >= 15 is 0 Å². The molecule has 0 aromatic rings. The summed E-state index contributed by atoms with van der Waals surface area (Å²) < 4.78 is 0. The van der Waals surface area contributed by atoms with Gasteiger partial charge in [0.15, 0.2) is 17.4 Å². The Balaban J connectivity index is 0. The second-order valence-electron chi connectivity index (χ2n) is 0. The summed E-state index contributed by atoms with van der Waals surface area (Å²) in [7, 11) is 0. The third-order valence-corrected chi connectivity index (χ3v) is 0. The van der Waals surface area contributed by atoms with Gasteiger partial charge in [0.2, 0.25) is 0 Å². The van der Waals surface area contributed by atoms with Gasteiger partial charge in [0.05, 0.1) is 0 Å². The molecule has 0 aromatic heterocycles. The second-order valence-corrected chi connectivity index (χ2v) is 0. The first kappa shape index (κ1) is 31.9. The Morgan fingerprint density at radius 2 is 1.00 bits per heavy atom. The Hall–Kier alpha value is 2.45. The molecular weight excluding hydrogens is 305 g/mol. The Morgan fingerprint density at radius 3 is 1.00 bits per heavy atom. The molecule has 0 amide bonds. The van der Waals surface area contributed by atoms with E-state index in [1.165, 1.54) is 0 Å². The minimum absolute atomic E-state index is 0. The molecular formula is H3AgAlCuPd. The van der Waals surface area contributed by atoms with Crippen LogP contribution in [0.5, 0.6) is 0 Å². The smallest absolute Gasteiger partial charge is 0 e. The predicted molar refractivity (Wildman–Crippen MR) is 9.94 cm³/mol. The van der Waals surface area contributed by atoms with Crippen LogP contribution in [0.1, 0.15) is 0 Å². The Kier molecular flexibility index (Phi) is 143. The van der Waals surface area contributed by atoms with E-state index in [0.29, 0.717) is 0 Å². The van der Waals surface area contributed by atoms with Gasteiger partial charge in [-0.25, -0.2) is 0 Å². The molecule has 0 unspecified atom stereocenters. The molecule has 2 radical (unpaired) electrons. The summed E-state index contributed by atoms with van der Waals surface area (Å²) in [4.78, 5) is 0. The zero-order valence-electron chi connectivity index (χ0n) is 0.919. The van der Waals surface area contributed by atoms with Crippen molar-refractivity contribution in [3.05, 3.63) is 0 Å². The average molecular weight is 308 g/mol. The minimum atomic E-state index is 0. The van der Waals surface area contributed by atoms with Crippen molar-refractivity contribution < 1.29 is 59.9 Å². The number of rotatable bonds is 0. The third kappa shape index (κ3) is 8.82. The van der Waals surface area contributed by atoms with Crippen LogP contribution in [0, 0.1) is 0 Å². The van der Waals surface area contributed by atoms with E-state index in [1.54, 1.807) is 0 Å². The van der Waals surface area contributed by atoms with E-state index in [9.17, 15) is 0 Å². The minimum Gasteiger partial charge on any atom is 0 e. The van der Waals surface area contributed by atoms with Gasteiger partial charge in [0, 0.05) is 59.9 Å². The van der Waals surface area contributed by atoms with Crippen molar-refractivity contribution in [2.45, 2.75) is 0 Å². The zero-order valence-corrected chi connectivity index (χ0v) is 4.90. The van der Waals surface area contributed by atoms with Crippen LogP contribution >= 0.6 is 0 Å². The third-order valence-electron chi connectivity index (χ3n) is 0. The van der Waals surface area contributed by atoms with Crippen LogP contribution in [0.3, 0.4) is 0 Å². The van der Waals surface area contributed by atoms with Gasteiger partial charge in [-0.2, -0.15) is 0 Å². The van der Waals surface area contributed by atoms with Crippen LogP contribution in [0.4, 0.5) is 0 Å². The summed E-state index contributed by atoms with van der Waals surface area (Å²) in [5.41, 5.74) is 0. The van der Waals surface area contributed by atoms with Gasteiger partial charge in [0.1, 0.15) is 0 Å². The molecule has 0 rings (SSSR count). The summed E-state index contributed by atoms with van der Waals surface area (Å²) in [6, 6.07) is 0. The van der Waals surface area contributed by atoms with E-state index in [-0.39, 0.29) is 77.2 Å². The summed E-state index contributed by atoms with van der Waals surface area (Å²) in [5.74, 6) is 0. The molecule has 0 nitrogen and oxygen atoms in total. The van der Waals surface area contributed by atoms with Crippen LogP contribution in [-0.4, -0.2) is 17.4 Å². The summed E-state index contributed by atoms with van der Waals surface area (Å²) in [6.07, 6.45) is 0. The first-order valence-corrected chi connectivity index (χ1v) is 0. The van der Waals surface area contributed by atoms with Crippen molar-refractivity contribution >= 4 is 17.4 Å². The SMILES string of the molecule is [Ag].[AlH3].[Cu].[Pd]. The fourth-order valence-corrected chi connectivity index (χ4v) is 0. The molecule has 0 fully saturated rings. The molecule has 38 valence electrons. The molecule has 0 aromatic carbocycles. The molecule has 4 heavy (non-hydrogen) atoms. The zero-order chi connectivity index (χ0) is 0. The van der Waals surface area contributed by atoms with Crippen molar-refractivity contribution in [2.24, 2.45) is 0 Å². The largest absolute Gasteiger partial charge is 0.187 e. The first-order valence-electron chi connectivity index (χ1n) is 0. The van der Waals surface area contributed by atoms with E-state index in [0.717, 1.165) is 0 Å². The van der Waals surface area contributed by atoms with Crippen LogP contribution in [0.25, 0.3) is 0 Å². The standard InChI is InChI=1S/Ag.Al.Cu.Pd.3H. The average Bonchev–Trinajstić information content (AvgIpc) is 0. The molecule has 0 bridgehead atoms. The predicted octanol–water partition coefficient (Wildman–Crippen LogP) is -1.19. The topological polar surface area (TPSA) is 0 Å². The van der Waals surface area contributed by atoms with E-state index < -0.39 is 0 Å². The molecule has 0 saturated heterocycles. The molecule has 0 aliphatic carbocycles. The molecule has 0 atom stereocenters. The van der Waals surface area contributed by atoms with Crippen molar-refractivity contribution in [2.75, 3.05) is 0 Å². The molecule has 0 heterocycles. The van der Waals surface area contributed by atoms with Gasteiger partial charge in [-0.15, -0.1) is 0 Å². The maximum atomic E-state index is 0. The maximum absolute atomic E-state index is 0. The monoisotopic (exact) mass is 306 g/mol. The van der Waals surface area contributed by atoms with E-state index in [2.05, 4.69) is 0 Å². The molecule has 4 heteroatoms. The Bertz CT molecular complexity index is 8.00.